The molecule has 2 aromatic heterocycles. The van der Waals surface area contributed by atoms with Crippen LogP contribution >= 0.6 is 0 Å². The number of anilines is 1. The maximum atomic E-state index is 13.8. The molecule has 2 heterocycles. The average Bonchev–Trinajstić information content (AvgIpc) is 2.61. The minimum Gasteiger partial charge on any atom is -0.321 e. The number of carbonyl (C=O) groups excluding carboxylic acids is 1. The van der Waals surface area contributed by atoms with Gasteiger partial charge in [-0.15, -0.1) is 0 Å². The number of carbonyl (C=O) groups is 1. The molecule has 0 fully saturated rings. The first kappa shape index (κ1) is 15.6. The largest absolute Gasteiger partial charge is 0.321 e. The molecule has 0 radical (unpaired) electrons. The minimum absolute atomic E-state index is 0.0569. The van der Waals surface area contributed by atoms with E-state index in [2.05, 4.69) is 9.97 Å². The summed E-state index contributed by atoms with van der Waals surface area (Å²) in [5.41, 5.74) is 0.882. The Balaban J connectivity index is 1.94. The highest BCUT2D eigenvalue weighted by Gasteiger charge is 2.19. The number of hydrogen-bond donors (Lipinski definition) is 1. The molecule has 0 aliphatic carbocycles. The third-order valence-corrected chi connectivity index (χ3v) is 3.65. The van der Waals surface area contributed by atoms with E-state index in [1.165, 1.54) is 31.3 Å². The number of pyridine rings is 2. The monoisotopic (exact) mass is 323 g/mol. The Morgan fingerprint density at radius 1 is 1.08 bits per heavy atom. The Morgan fingerprint density at radius 2 is 1.79 bits per heavy atom. The number of aromatic nitrogens is 2. The molecule has 6 heteroatoms. The van der Waals surface area contributed by atoms with Crippen LogP contribution in [0.5, 0.6) is 0 Å². The lowest BCUT2D eigenvalue weighted by atomic mass is 10.1. The second kappa shape index (κ2) is 6.45. The van der Waals surface area contributed by atoms with Crippen LogP contribution in [0.25, 0.3) is 11.3 Å². The molecule has 0 saturated carbocycles. The molecule has 3 aromatic rings. The molecular formula is C18H14FN3O2. The van der Waals surface area contributed by atoms with Crippen LogP contribution in [0.3, 0.4) is 0 Å². The van der Waals surface area contributed by atoms with Crippen molar-refractivity contribution in [2.45, 2.75) is 0 Å². The maximum absolute atomic E-state index is 13.8. The molecule has 1 amide bonds. The van der Waals surface area contributed by atoms with Crippen LogP contribution in [0.4, 0.5) is 10.1 Å². The normalized spacial score (nSPS) is 10.4. The van der Waals surface area contributed by atoms with Crippen molar-refractivity contribution in [3.8, 4) is 11.3 Å². The number of amides is 1. The molecule has 0 bridgehead atoms. The standard InChI is InChI=1S/C18H14FN3O2/c1-22(16-5-3-2-4-14(16)19)18(24)13-6-7-15(21-17(13)23)12-8-10-20-11-9-12/h2-11H,1H3,(H,21,23). The van der Waals surface area contributed by atoms with Gasteiger partial charge in [-0.1, -0.05) is 12.1 Å². The molecule has 0 spiro atoms. The smallest absolute Gasteiger partial charge is 0.263 e. The summed E-state index contributed by atoms with van der Waals surface area (Å²) in [6, 6.07) is 12.5. The van der Waals surface area contributed by atoms with Gasteiger partial charge in [0.2, 0.25) is 0 Å². The van der Waals surface area contributed by atoms with Crippen LogP contribution in [0.1, 0.15) is 10.4 Å². The average molecular weight is 323 g/mol. The van der Waals surface area contributed by atoms with Crippen LogP contribution in [0.2, 0.25) is 0 Å². The Morgan fingerprint density at radius 3 is 2.46 bits per heavy atom. The van der Waals surface area contributed by atoms with Crippen molar-refractivity contribution >= 4 is 11.6 Å². The number of aromatic amines is 1. The van der Waals surface area contributed by atoms with Gasteiger partial charge in [0.15, 0.2) is 0 Å². The summed E-state index contributed by atoms with van der Waals surface area (Å²) < 4.78 is 13.8. The van der Waals surface area contributed by atoms with Crippen LogP contribution in [-0.4, -0.2) is 22.9 Å². The fraction of sp³-hybridized carbons (Fsp3) is 0.0556. The van der Waals surface area contributed by atoms with Gasteiger partial charge in [-0.25, -0.2) is 4.39 Å². The molecule has 0 unspecified atom stereocenters. The quantitative estimate of drug-likeness (QED) is 0.806. The predicted octanol–water partition coefficient (Wildman–Crippen LogP) is 2.85. The Labute approximate surface area is 137 Å². The first-order chi connectivity index (χ1) is 11.6. The van der Waals surface area contributed by atoms with Crippen molar-refractivity contribution in [2.75, 3.05) is 11.9 Å². The summed E-state index contributed by atoms with van der Waals surface area (Å²) in [6.07, 6.45) is 3.22. The van der Waals surface area contributed by atoms with E-state index >= 15 is 0 Å². The zero-order valence-electron chi connectivity index (χ0n) is 12.9. The number of halogens is 1. The maximum Gasteiger partial charge on any atom is 0.263 e. The third kappa shape index (κ3) is 2.94. The highest BCUT2D eigenvalue weighted by Crippen LogP contribution is 2.19. The van der Waals surface area contributed by atoms with E-state index in [0.29, 0.717) is 5.69 Å². The van der Waals surface area contributed by atoms with Gasteiger partial charge < -0.3 is 9.88 Å². The zero-order chi connectivity index (χ0) is 17.1. The van der Waals surface area contributed by atoms with E-state index in [0.717, 1.165) is 10.5 Å². The SMILES string of the molecule is CN(C(=O)c1ccc(-c2ccncc2)[nH]c1=O)c1ccccc1F. The van der Waals surface area contributed by atoms with E-state index in [9.17, 15) is 14.0 Å². The predicted molar refractivity (Wildman–Crippen MR) is 89.4 cm³/mol. The summed E-state index contributed by atoms with van der Waals surface area (Å²) in [5.74, 6) is -1.11. The lowest BCUT2D eigenvalue weighted by molar-refractivity contribution is 0.0991. The summed E-state index contributed by atoms with van der Waals surface area (Å²) in [7, 11) is 1.43. The van der Waals surface area contributed by atoms with Gasteiger partial charge in [-0.2, -0.15) is 0 Å². The van der Waals surface area contributed by atoms with Gasteiger partial charge in [0.05, 0.1) is 5.69 Å². The fourth-order valence-electron chi connectivity index (χ4n) is 2.36. The molecule has 5 nitrogen and oxygen atoms in total. The molecule has 3 rings (SSSR count). The van der Waals surface area contributed by atoms with Crippen molar-refractivity contribution in [1.29, 1.82) is 0 Å². The second-order valence-corrected chi connectivity index (χ2v) is 5.17. The van der Waals surface area contributed by atoms with Crippen molar-refractivity contribution in [3.05, 3.63) is 82.7 Å². The second-order valence-electron chi connectivity index (χ2n) is 5.17. The number of para-hydroxylation sites is 1. The molecule has 0 atom stereocenters. The number of nitrogens with zero attached hydrogens (tertiary/aromatic N) is 2. The molecule has 0 aliphatic heterocycles. The number of hydrogen-bond acceptors (Lipinski definition) is 3. The van der Waals surface area contributed by atoms with Gasteiger partial charge in [-0.3, -0.25) is 14.6 Å². The molecule has 0 aliphatic rings. The highest BCUT2D eigenvalue weighted by atomic mass is 19.1. The summed E-state index contributed by atoms with van der Waals surface area (Å²) in [5, 5.41) is 0. The third-order valence-electron chi connectivity index (χ3n) is 3.65. The van der Waals surface area contributed by atoms with Gasteiger partial charge in [0.25, 0.3) is 11.5 Å². The van der Waals surface area contributed by atoms with E-state index in [1.54, 1.807) is 36.7 Å². The molecule has 1 N–H and O–H groups in total. The number of rotatable bonds is 3. The molecule has 24 heavy (non-hydrogen) atoms. The topological polar surface area (TPSA) is 66.1 Å². The number of H-pyrrole nitrogens is 1. The summed E-state index contributed by atoms with van der Waals surface area (Å²) >= 11 is 0. The van der Waals surface area contributed by atoms with Crippen LogP contribution in [-0.2, 0) is 0 Å². The van der Waals surface area contributed by atoms with E-state index in [4.69, 9.17) is 0 Å². The molecule has 1 aromatic carbocycles. The van der Waals surface area contributed by atoms with Crippen LogP contribution in [0.15, 0.2) is 65.7 Å². The van der Waals surface area contributed by atoms with Gasteiger partial charge in [0.1, 0.15) is 11.4 Å². The van der Waals surface area contributed by atoms with E-state index in [-0.39, 0.29) is 11.3 Å². The summed E-state index contributed by atoms with van der Waals surface area (Å²) in [6.45, 7) is 0. The van der Waals surface area contributed by atoms with Gasteiger partial charge in [0, 0.05) is 30.7 Å². The van der Waals surface area contributed by atoms with Gasteiger partial charge in [-0.05, 0) is 36.4 Å². The Hall–Kier alpha value is -3.28. The first-order valence-corrected chi connectivity index (χ1v) is 7.24. The molecule has 120 valence electrons. The first-order valence-electron chi connectivity index (χ1n) is 7.24. The van der Waals surface area contributed by atoms with Crippen molar-refractivity contribution in [1.82, 2.24) is 9.97 Å². The van der Waals surface area contributed by atoms with E-state index in [1.807, 2.05) is 0 Å². The Bertz CT molecular complexity index is 938. The number of benzene rings is 1. The lowest BCUT2D eigenvalue weighted by Crippen LogP contribution is -2.32. The molecular weight excluding hydrogens is 309 g/mol. The lowest BCUT2D eigenvalue weighted by Gasteiger charge is -2.17. The minimum atomic E-state index is -0.581. The van der Waals surface area contributed by atoms with Crippen LogP contribution in [0, 0.1) is 5.82 Å². The fourth-order valence-corrected chi connectivity index (χ4v) is 2.36. The summed E-state index contributed by atoms with van der Waals surface area (Å²) in [4.78, 5) is 32.5. The molecule has 0 saturated heterocycles. The van der Waals surface area contributed by atoms with Crippen molar-refractivity contribution in [3.63, 3.8) is 0 Å². The number of nitrogens with one attached hydrogen (secondary N) is 1. The van der Waals surface area contributed by atoms with E-state index < -0.39 is 17.3 Å². The van der Waals surface area contributed by atoms with Gasteiger partial charge >= 0.3 is 0 Å². The van der Waals surface area contributed by atoms with Crippen molar-refractivity contribution in [2.24, 2.45) is 0 Å². The Kier molecular flexibility index (Phi) is 4.20. The highest BCUT2D eigenvalue weighted by molar-refractivity contribution is 6.05. The van der Waals surface area contributed by atoms with Crippen LogP contribution < -0.4 is 10.5 Å². The zero-order valence-corrected chi connectivity index (χ0v) is 12.9. The van der Waals surface area contributed by atoms with Crippen molar-refractivity contribution < 1.29 is 9.18 Å².